The maximum Gasteiger partial charge on any atom is 0.162 e. The van der Waals surface area contributed by atoms with Crippen LogP contribution in [0.4, 0.5) is 5.82 Å². The van der Waals surface area contributed by atoms with E-state index >= 15 is 0 Å². The van der Waals surface area contributed by atoms with E-state index in [4.69, 9.17) is 15.2 Å². The molecule has 0 bridgehead atoms. The molecule has 20 heavy (non-hydrogen) atoms. The topological polar surface area (TPSA) is 69.4 Å². The number of rotatable bonds is 5. The first-order valence-corrected chi connectivity index (χ1v) is 7.01. The van der Waals surface area contributed by atoms with Crippen LogP contribution in [0.5, 0.6) is 11.5 Å². The zero-order chi connectivity index (χ0) is 13.8. The third kappa shape index (κ3) is 2.63. The van der Waals surface area contributed by atoms with Crippen molar-refractivity contribution in [2.45, 2.75) is 12.8 Å². The van der Waals surface area contributed by atoms with Crippen LogP contribution in [-0.4, -0.2) is 31.3 Å². The first-order chi connectivity index (χ1) is 9.88. The molecule has 106 valence electrons. The molecule has 3 N–H and O–H groups in total. The largest absolute Gasteiger partial charge is 0.486 e. The average Bonchev–Trinajstić information content (AvgIpc) is 2.50. The molecule has 0 spiro atoms. The predicted molar refractivity (Wildman–Crippen MR) is 79.5 cm³/mol. The Labute approximate surface area is 118 Å². The summed E-state index contributed by atoms with van der Waals surface area (Å²) < 4.78 is 11.2. The summed E-state index contributed by atoms with van der Waals surface area (Å²) in [7, 11) is 0. The number of hydrogen-bond acceptors (Lipinski definition) is 5. The Morgan fingerprint density at radius 3 is 2.75 bits per heavy atom. The molecular formula is C15H19N3O2. The zero-order valence-electron chi connectivity index (χ0n) is 11.4. The lowest BCUT2D eigenvalue weighted by molar-refractivity contribution is 0.172. The van der Waals surface area contributed by atoms with Gasteiger partial charge in [0.1, 0.15) is 19.0 Å². The molecule has 1 aromatic carbocycles. The number of pyridine rings is 1. The van der Waals surface area contributed by atoms with Gasteiger partial charge in [-0.05, 0) is 43.0 Å². The van der Waals surface area contributed by atoms with E-state index in [0.717, 1.165) is 54.0 Å². The SMILES string of the molecule is NCCCCNc1nccc2cc3c(cc12)OCCO3. The summed E-state index contributed by atoms with van der Waals surface area (Å²) in [5, 5.41) is 5.53. The van der Waals surface area contributed by atoms with Crippen molar-refractivity contribution < 1.29 is 9.47 Å². The highest BCUT2D eigenvalue weighted by molar-refractivity contribution is 5.94. The van der Waals surface area contributed by atoms with E-state index in [1.165, 1.54) is 0 Å². The number of ether oxygens (including phenoxy) is 2. The van der Waals surface area contributed by atoms with Gasteiger partial charge in [0.05, 0.1) is 0 Å². The molecule has 2 heterocycles. The quantitative estimate of drug-likeness (QED) is 0.817. The Morgan fingerprint density at radius 2 is 1.95 bits per heavy atom. The number of anilines is 1. The summed E-state index contributed by atoms with van der Waals surface area (Å²) in [4.78, 5) is 4.41. The summed E-state index contributed by atoms with van der Waals surface area (Å²) in [5.41, 5.74) is 5.50. The summed E-state index contributed by atoms with van der Waals surface area (Å²) in [6.07, 6.45) is 3.87. The summed E-state index contributed by atoms with van der Waals surface area (Å²) in [6.45, 7) is 2.80. The van der Waals surface area contributed by atoms with Crippen LogP contribution >= 0.6 is 0 Å². The van der Waals surface area contributed by atoms with Gasteiger partial charge in [-0.2, -0.15) is 0 Å². The molecule has 0 saturated carbocycles. The molecule has 0 amide bonds. The van der Waals surface area contributed by atoms with Gasteiger partial charge in [0.2, 0.25) is 0 Å². The molecule has 5 nitrogen and oxygen atoms in total. The molecule has 3 rings (SSSR count). The van der Waals surface area contributed by atoms with Crippen LogP contribution in [-0.2, 0) is 0 Å². The smallest absolute Gasteiger partial charge is 0.162 e. The lowest BCUT2D eigenvalue weighted by Gasteiger charge is -2.19. The molecule has 1 aliphatic rings. The van der Waals surface area contributed by atoms with Gasteiger partial charge in [0.25, 0.3) is 0 Å². The van der Waals surface area contributed by atoms with Gasteiger partial charge in [0, 0.05) is 18.1 Å². The van der Waals surface area contributed by atoms with Gasteiger partial charge >= 0.3 is 0 Å². The minimum absolute atomic E-state index is 0.595. The molecule has 0 aliphatic carbocycles. The Balaban J connectivity index is 1.88. The van der Waals surface area contributed by atoms with Crippen LogP contribution in [0.15, 0.2) is 24.4 Å². The molecule has 1 aromatic heterocycles. The highest BCUT2D eigenvalue weighted by Crippen LogP contribution is 2.36. The number of nitrogens with two attached hydrogens (primary N) is 1. The van der Waals surface area contributed by atoms with Gasteiger partial charge < -0.3 is 20.5 Å². The van der Waals surface area contributed by atoms with Crippen molar-refractivity contribution in [1.29, 1.82) is 0 Å². The minimum Gasteiger partial charge on any atom is -0.486 e. The number of aromatic nitrogens is 1. The van der Waals surface area contributed by atoms with Crippen molar-refractivity contribution in [3.63, 3.8) is 0 Å². The van der Waals surface area contributed by atoms with E-state index in [9.17, 15) is 0 Å². The third-order valence-corrected chi connectivity index (χ3v) is 3.35. The highest BCUT2D eigenvalue weighted by atomic mass is 16.6. The monoisotopic (exact) mass is 273 g/mol. The summed E-state index contributed by atoms with van der Waals surface area (Å²) in [5.74, 6) is 2.49. The maximum absolute atomic E-state index is 5.63. The zero-order valence-corrected chi connectivity index (χ0v) is 11.4. The number of fused-ring (bicyclic) bond motifs is 2. The van der Waals surface area contributed by atoms with Gasteiger partial charge in [-0.1, -0.05) is 0 Å². The number of benzene rings is 1. The van der Waals surface area contributed by atoms with Crippen molar-refractivity contribution in [1.82, 2.24) is 4.98 Å². The van der Waals surface area contributed by atoms with Crippen LogP contribution in [0.2, 0.25) is 0 Å². The van der Waals surface area contributed by atoms with Crippen LogP contribution in [0.3, 0.4) is 0 Å². The normalized spacial score (nSPS) is 13.4. The van der Waals surface area contributed by atoms with Crippen LogP contribution in [0, 0.1) is 0 Å². The Kier molecular flexibility index (Phi) is 3.87. The van der Waals surface area contributed by atoms with Gasteiger partial charge in [0.15, 0.2) is 11.5 Å². The predicted octanol–water partition coefficient (Wildman–Crippen LogP) is 2.16. The van der Waals surface area contributed by atoms with E-state index in [1.807, 2.05) is 24.4 Å². The first kappa shape index (κ1) is 13.0. The van der Waals surface area contributed by atoms with Crippen LogP contribution in [0.1, 0.15) is 12.8 Å². The number of nitrogens with zero attached hydrogens (tertiary/aromatic N) is 1. The molecule has 0 fully saturated rings. The Morgan fingerprint density at radius 1 is 1.15 bits per heavy atom. The molecule has 0 radical (unpaired) electrons. The molecule has 5 heteroatoms. The fourth-order valence-electron chi connectivity index (χ4n) is 2.33. The minimum atomic E-state index is 0.595. The standard InChI is InChI=1S/C15H19N3O2/c16-4-1-2-5-17-15-12-10-14-13(19-7-8-20-14)9-11(12)3-6-18-15/h3,6,9-10H,1-2,4-5,7-8,16H2,(H,17,18). The van der Waals surface area contributed by atoms with Crippen molar-refractivity contribution >= 4 is 16.6 Å². The van der Waals surface area contributed by atoms with Crippen molar-refractivity contribution in [2.75, 3.05) is 31.6 Å². The second kappa shape index (κ2) is 5.96. The van der Waals surface area contributed by atoms with E-state index in [2.05, 4.69) is 10.3 Å². The van der Waals surface area contributed by atoms with E-state index in [-0.39, 0.29) is 0 Å². The summed E-state index contributed by atoms with van der Waals surface area (Å²) in [6, 6.07) is 6.00. The second-order valence-electron chi connectivity index (χ2n) is 4.80. The fourth-order valence-corrected chi connectivity index (χ4v) is 2.33. The van der Waals surface area contributed by atoms with Gasteiger partial charge in [-0.15, -0.1) is 0 Å². The van der Waals surface area contributed by atoms with Crippen molar-refractivity contribution in [3.05, 3.63) is 24.4 Å². The van der Waals surface area contributed by atoms with E-state index in [1.54, 1.807) is 0 Å². The fraction of sp³-hybridized carbons (Fsp3) is 0.400. The average molecular weight is 273 g/mol. The third-order valence-electron chi connectivity index (χ3n) is 3.35. The number of unbranched alkanes of at least 4 members (excludes halogenated alkanes) is 1. The molecule has 2 aromatic rings. The lowest BCUT2D eigenvalue weighted by Crippen LogP contribution is -2.15. The number of hydrogen-bond donors (Lipinski definition) is 2. The highest BCUT2D eigenvalue weighted by Gasteiger charge is 2.14. The number of nitrogens with one attached hydrogen (secondary N) is 1. The van der Waals surface area contributed by atoms with E-state index in [0.29, 0.717) is 13.2 Å². The second-order valence-corrected chi connectivity index (χ2v) is 4.80. The molecular weight excluding hydrogens is 254 g/mol. The first-order valence-electron chi connectivity index (χ1n) is 7.01. The Bertz CT molecular complexity index is 601. The molecule has 0 unspecified atom stereocenters. The van der Waals surface area contributed by atoms with Crippen LogP contribution in [0.25, 0.3) is 10.8 Å². The van der Waals surface area contributed by atoms with Crippen LogP contribution < -0.4 is 20.5 Å². The van der Waals surface area contributed by atoms with Gasteiger partial charge in [-0.3, -0.25) is 0 Å². The van der Waals surface area contributed by atoms with E-state index < -0.39 is 0 Å². The molecule has 0 atom stereocenters. The van der Waals surface area contributed by atoms with Crippen molar-refractivity contribution in [3.8, 4) is 11.5 Å². The molecule has 0 saturated heterocycles. The van der Waals surface area contributed by atoms with Crippen molar-refractivity contribution in [2.24, 2.45) is 5.73 Å². The lowest BCUT2D eigenvalue weighted by atomic mass is 10.1. The Hall–Kier alpha value is -2.01. The maximum atomic E-state index is 5.63. The molecule has 1 aliphatic heterocycles. The van der Waals surface area contributed by atoms with Gasteiger partial charge in [-0.25, -0.2) is 4.98 Å². The summed E-state index contributed by atoms with van der Waals surface area (Å²) >= 11 is 0.